The van der Waals surface area contributed by atoms with Gasteiger partial charge in [0.25, 0.3) is 5.56 Å². The average Bonchev–Trinajstić information content (AvgIpc) is 2.38. The van der Waals surface area contributed by atoms with Gasteiger partial charge in [0.05, 0.1) is 5.69 Å². The minimum Gasteiger partial charge on any atom is -0.508 e. The summed E-state index contributed by atoms with van der Waals surface area (Å²) in [5.74, 6) is 0.0907. The lowest BCUT2D eigenvalue weighted by Crippen LogP contribution is -2.13. The molecule has 4 heteroatoms. The maximum Gasteiger partial charge on any atom is 0.258 e. The molecule has 0 bridgehead atoms. The molecule has 0 saturated carbocycles. The molecule has 1 N–H and O–H groups in total. The number of benzene rings is 1. The number of hydrogen-bond acceptors (Lipinski definition) is 3. The minimum absolute atomic E-state index is 0.0907. The molecule has 0 radical (unpaired) electrons. The zero-order valence-electron chi connectivity index (χ0n) is 10.4. The lowest BCUT2D eigenvalue weighted by molar-refractivity contribution is 0.475. The second kappa shape index (κ2) is 4.24. The van der Waals surface area contributed by atoms with Gasteiger partial charge in [0.2, 0.25) is 0 Å². The Morgan fingerprint density at radius 1 is 1.11 bits per heavy atom. The minimum atomic E-state index is -0.166. The molecule has 4 nitrogen and oxygen atoms in total. The molecule has 0 aliphatic heterocycles. The lowest BCUT2D eigenvalue weighted by Gasteiger charge is -2.05. The Kier molecular flexibility index (Phi) is 2.56. The molecule has 0 aliphatic carbocycles. The van der Waals surface area contributed by atoms with Gasteiger partial charge in [-0.15, -0.1) is 0 Å². The summed E-state index contributed by atoms with van der Waals surface area (Å²) in [4.78, 5) is 16.4. The van der Waals surface area contributed by atoms with Crippen LogP contribution < -0.4 is 5.56 Å². The van der Waals surface area contributed by atoms with Gasteiger partial charge >= 0.3 is 0 Å². The zero-order chi connectivity index (χ0) is 13.4. The average molecular weight is 252 g/mol. The van der Waals surface area contributed by atoms with E-state index in [1.54, 1.807) is 0 Å². The van der Waals surface area contributed by atoms with Gasteiger partial charge < -0.3 is 5.11 Å². The molecule has 0 aliphatic rings. The van der Waals surface area contributed by atoms with E-state index >= 15 is 0 Å². The van der Waals surface area contributed by atoms with Crippen LogP contribution in [0.3, 0.4) is 0 Å². The summed E-state index contributed by atoms with van der Waals surface area (Å²) in [6.07, 6.45) is 1.51. The number of fused-ring (bicyclic) bond motifs is 1. The summed E-state index contributed by atoms with van der Waals surface area (Å²) < 4.78 is 1.40. The fraction of sp³-hybridized carbons (Fsp3) is 0.0667. The van der Waals surface area contributed by atoms with Crippen LogP contribution in [0.1, 0.15) is 5.56 Å². The lowest BCUT2D eigenvalue weighted by atomic mass is 10.1. The third-order valence-electron chi connectivity index (χ3n) is 3.00. The van der Waals surface area contributed by atoms with E-state index in [4.69, 9.17) is 0 Å². The van der Waals surface area contributed by atoms with Crippen molar-refractivity contribution in [2.75, 3.05) is 0 Å². The number of nitrogens with zero attached hydrogens (tertiary/aromatic N) is 2. The van der Waals surface area contributed by atoms with Crippen molar-refractivity contribution >= 4 is 5.65 Å². The van der Waals surface area contributed by atoms with Gasteiger partial charge in [-0.1, -0.05) is 29.8 Å². The molecule has 1 aromatic carbocycles. The van der Waals surface area contributed by atoms with E-state index in [0.29, 0.717) is 11.3 Å². The molecular formula is C15H12N2O2. The fourth-order valence-corrected chi connectivity index (χ4v) is 1.96. The summed E-state index contributed by atoms with van der Waals surface area (Å²) in [7, 11) is 0. The molecular weight excluding hydrogens is 240 g/mol. The normalized spacial score (nSPS) is 10.8. The van der Waals surface area contributed by atoms with Crippen molar-refractivity contribution in [2.45, 2.75) is 6.92 Å². The first-order chi connectivity index (χ1) is 9.13. The van der Waals surface area contributed by atoms with Gasteiger partial charge in [-0.05, 0) is 13.0 Å². The smallest absolute Gasteiger partial charge is 0.258 e. The number of pyridine rings is 1. The monoisotopic (exact) mass is 252 g/mol. The maximum absolute atomic E-state index is 12.0. The quantitative estimate of drug-likeness (QED) is 0.723. The van der Waals surface area contributed by atoms with Crippen LogP contribution in [0.4, 0.5) is 0 Å². The Hall–Kier alpha value is -2.62. The maximum atomic E-state index is 12.0. The van der Waals surface area contributed by atoms with Crippen molar-refractivity contribution < 1.29 is 5.11 Å². The van der Waals surface area contributed by atoms with Crippen molar-refractivity contribution in [3.8, 4) is 17.0 Å². The van der Waals surface area contributed by atoms with Crippen LogP contribution in [0.25, 0.3) is 16.9 Å². The first-order valence-corrected chi connectivity index (χ1v) is 5.93. The van der Waals surface area contributed by atoms with Crippen LogP contribution in [0, 0.1) is 6.92 Å². The van der Waals surface area contributed by atoms with E-state index in [1.807, 2.05) is 31.2 Å². The number of aromatic nitrogens is 2. The van der Waals surface area contributed by atoms with Crippen molar-refractivity contribution in [3.63, 3.8) is 0 Å². The molecule has 0 saturated heterocycles. The van der Waals surface area contributed by atoms with Crippen LogP contribution in [0.2, 0.25) is 0 Å². The molecule has 0 fully saturated rings. The summed E-state index contributed by atoms with van der Waals surface area (Å²) in [6, 6.07) is 12.2. The number of rotatable bonds is 1. The van der Waals surface area contributed by atoms with Crippen LogP contribution in [0.15, 0.2) is 53.5 Å². The highest BCUT2D eigenvalue weighted by Crippen LogP contribution is 2.18. The highest BCUT2D eigenvalue weighted by Gasteiger charge is 2.05. The first kappa shape index (κ1) is 11.5. The predicted octanol–water partition coefficient (Wildman–Crippen LogP) is 2.38. The van der Waals surface area contributed by atoms with E-state index in [2.05, 4.69) is 4.98 Å². The van der Waals surface area contributed by atoms with Crippen LogP contribution >= 0.6 is 0 Å². The van der Waals surface area contributed by atoms with Gasteiger partial charge in [-0.25, -0.2) is 4.98 Å². The molecule has 3 rings (SSSR count). The third kappa shape index (κ3) is 2.08. The molecule has 0 unspecified atom stereocenters. The van der Waals surface area contributed by atoms with Crippen molar-refractivity contribution in [1.29, 1.82) is 0 Å². The standard InChI is InChI=1S/C15H12N2O2/c1-10-2-4-11(5-3-10)13-9-15(19)17-7-6-12(18)8-14(17)16-13/h2-9,18H,1H3. The van der Waals surface area contributed by atoms with Crippen LogP contribution in [-0.2, 0) is 0 Å². The second-order valence-corrected chi connectivity index (χ2v) is 4.46. The van der Waals surface area contributed by atoms with E-state index in [1.165, 1.54) is 28.8 Å². The Balaban J connectivity index is 2.25. The van der Waals surface area contributed by atoms with Gasteiger partial charge in [0.1, 0.15) is 11.4 Å². The Morgan fingerprint density at radius 2 is 1.84 bits per heavy atom. The highest BCUT2D eigenvalue weighted by molar-refractivity contribution is 5.62. The number of hydrogen-bond donors (Lipinski definition) is 1. The molecule has 0 amide bonds. The van der Waals surface area contributed by atoms with Crippen molar-refractivity contribution in [2.24, 2.45) is 0 Å². The number of aryl methyl sites for hydroxylation is 1. The predicted molar refractivity (Wildman–Crippen MR) is 73.3 cm³/mol. The number of aromatic hydroxyl groups is 1. The summed E-state index contributed by atoms with van der Waals surface area (Å²) >= 11 is 0. The van der Waals surface area contributed by atoms with Crippen molar-refractivity contribution in [3.05, 3.63) is 64.6 Å². The summed E-state index contributed by atoms with van der Waals surface area (Å²) in [6.45, 7) is 2.00. The highest BCUT2D eigenvalue weighted by atomic mass is 16.3. The molecule has 2 aromatic heterocycles. The topological polar surface area (TPSA) is 54.6 Å². The molecule has 3 aromatic rings. The second-order valence-electron chi connectivity index (χ2n) is 4.46. The first-order valence-electron chi connectivity index (χ1n) is 5.93. The van der Waals surface area contributed by atoms with E-state index in [-0.39, 0.29) is 11.3 Å². The van der Waals surface area contributed by atoms with E-state index in [9.17, 15) is 9.90 Å². The van der Waals surface area contributed by atoms with Crippen LogP contribution in [-0.4, -0.2) is 14.5 Å². The molecule has 0 spiro atoms. The van der Waals surface area contributed by atoms with Gasteiger partial charge in [0, 0.05) is 23.9 Å². The van der Waals surface area contributed by atoms with Gasteiger partial charge in [-0.2, -0.15) is 0 Å². The largest absolute Gasteiger partial charge is 0.508 e. The Morgan fingerprint density at radius 3 is 2.58 bits per heavy atom. The van der Waals surface area contributed by atoms with Crippen LogP contribution in [0.5, 0.6) is 5.75 Å². The fourth-order valence-electron chi connectivity index (χ4n) is 1.96. The zero-order valence-corrected chi connectivity index (χ0v) is 10.4. The molecule has 94 valence electrons. The SMILES string of the molecule is Cc1ccc(-c2cc(=O)n3ccc(O)cc3n2)cc1. The summed E-state index contributed by atoms with van der Waals surface area (Å²) in [5.41, 5.74) is 2.91. The van der Waals surface area contributed by atoms with Crippen molar-refractivity contribution in [1.82, 2.24) is 9.38 Å². The van der Waals surface area contributed by atoms with Gasteiger partial charge in [0.15, 0.2) is 0 Å². The van der Waals surface area contributed by atoms with E-state index in [0.717, 1.165) is 11.1 Å². The Labute approximate surface area is 109 Å². The molecule has 2 heterocycles. The third-order valence-corrected chi connectivity index (χ3v) is 3.00. The van der Waals surface area contributed by atoms with E-state index < -0.39 is 0 Å². The van der Waals surface area contributed by atoms with Gasteiger partial charge in [-0.3, -0.25) is 9.20 Å². The molecule has 19 heavy (non-hydrogen) atoms. The molecule has 0 atom stereocenters. The summed E-state index contributed by atoms with van der Waals surface area (Å²) in [5, 5.41) is 9.46. The Bertz CT molecular complexity index is 804.